The van der Waals surface area contributed by atoms with Crippen molar-refractivity contribution in [3.63, 3.8) is 0 Å². The van der Waals surface area contributed by atoms with Crippen LogP contribution in [0.1, 0.15) is 50.2 Å². The maximum absolute atomic E-state index is 13.8. The van der Waals surface area contributed by atoms with Crippen molar-refractivity contribution in [3.8, 4) is 0 Å². The Morgan fingerprint density at radius 2 is 1.66 bits per heavy atom. The van der Waals surface area contributed by atoms with Gasteiger partial charge in [-0.15, -0.1) is 0 Å². The smallest absolute Gasteiger partial charge is 0.278 e. The molecule has 0 bridgehead atoms. The van der Waals surface area contributed by atoms with Gasteiger partial charge >= 0.3 is 0 Å². The minimum Gasteiger partial charge on any atom is -0.336 e. The lowest BCUT2D eigenvalue weighted by atomic mass is 9.94. The number of hydrogen-bond donors (Lipinski definition) is 1. The molecule has 0 radical (unpaired) electrons. The Bertz CT molecular complexity index is 1110. The molecule has 1 N–H and O–H groups in total. The number of imide groups is 1. The predicted octanol–water partition coefficient (Wildman–Crippen LogP) is 4.12. The zero-order valence-corrected chi connectivity index (χ0v) is 18.3. The van der Waals surface area contributed by atoms with E-state index in [0.717, 1.165) is 44.2 Å². The first-order valence-electron chi connectivity index (χ1n) is 11.4. The molecule has 0 saturated heterocycles. The summed E-state index contributed by atoms with van der Waals surface area (Å²) in [4.78, 5) is 42.4. The first-order valence-corrected chi connectivity index (χ1v) is 11.4. The van der Waals surface area contributed by atoms with Crippen LogP contribution in [0.15, 0.2) is 54.2 Å². The van der Waals surface area contributed by atoms with E-state index in [0.29, 0.717) is 29.1 Å². The molecule has 0 spiro atoms. The van der Waals surface area contributed by atoms with Crippen LogP contribution in [0, 0.1) is 0 Å². The number of rotatable bonds is 4. The van der Waals surface area contributed by atoms with Crippen LogP contribution in [0.4, 0.5) is 11.4 Å². The van der Waals surface area contributed by atoms with Crippen LogP contribution in [-0.4, -0.2) is 35.2 Å². The summed E-state index contributed by atoms with van der Waals surface area (Å²) >= 11 is 0. The second-order valence-electron chi connectivity index (χ2n) is 8.78. The van der Waals surface area contributed by atoms with Crippen molar-refractivity contribution in [2.45, 2.75) is 51.5 Å². The molecule has 1 saturated carbocycles. The van der Waals surface area contributed by atoms with Gasteiger partial charge in [0.25, 0.3) is 11.8 Å². The third-order valence-corrected chi connectivity index (χ3v) is 6.68. The molecule has 0 aromatic heterocycles. The zero-order chi connectivity index (χ0) is 22.2. The second-order valence-corrected chi connectivity index (χ2v) is 8.78. The molecule has 6 heteroatoms. The monoisotopic (exact) mass is 429 g/mol. The van der Waals surface area contributed by atoms with Gasteiger partial charge in [0, 0.05) is 30.9 Å². The Hall–Kier alpha value is -3.41. The Morgan fingerprint density at radius 3 is 2.38 bits per heavy atom. The molecule has 1 aliphatic carbocycles. The molecule has 2 aliphatic heterocycles. The van der Waals surface area contributed by atoms with Gasteiger partial charge in [0.05, 0.1) is 5.57 Å². The highest BCUT2D eigenvalue weighted by atomic mass is 16.2. The average Bonchev–Trinajstić information content (AvgIpc) is 3.32. The fourth-order valence-corrected chi connectivity index (χ4v) is 5.21. The summed E-state index contributed by atoms with van der Waals surface area (Å²) in [6, 6.07) is 15.2. The van der Waals surface area contributed by atoms with Gasteiger partial charge in [-0.05, 0) is 48.6 Å². The van der Waals surface area contributed by atoms with Crippen LogP contribution in [-0.2, 0) is 20.8 Å². The van der Waals surface area contributed by atoms with Gasteiger partial charge in [-0.1, -0.05) is 49.6 Å². The van der Waals surface area contributed by atoms with Crippen LogP contribution >= 0.6 is 0 Å². The first-order chi connectivity index (χ1) is 15.5. The SMILES string of the molecule is CC(=O)Nc1ccc(C2=C(N3CCc4ccccc43)C(=O)N(C3CCCCC3)C2=O)cc1. The molecule has 1 fully saturated rings. The van der Waals surface area contributed by atoms with Gasteiger partial charge < -0.3 is 10.2 Å². The number of fused-ring (bicyclic) bond motifs is 1. The maximum Gasteiger partial charge on any atom is 0.278 e. The average molecular weight is 430 g/mol. The number of carbonyl (C=O) groups excluding carboxylic acids is 3. The van der Waals surface area contributed by atoms with Crippen molar-refractivity contribution in [3.05, 3.63) is 65.4 Å². The van der Waals surface area contributed by atoms with E-state index in [9.17, 15) is 14.4 Å². The number of nitrogens with zero attached hydrogens (tertiary/aromatic N) is 2. The second kappa shape index (κ2) is 8.26. The molecule has 32 heavy (non-hydrogen) atoms. The van der Waals surface area contributed by atoms with E-state index in [1.807, 2.05) is 35.2 Å². The minimum absolute atomic E-state index is 0.0345. The minimum atomic E-state index is -0.200. The number of para-hydroxylation sites is 1. The van der Waals surface area contributed by atoms with Gasteiger partial charge in [0.15, 0.2) is 0 Å². The summed E-state index contributed by atoms with van der Waals surface area (Å²) in [5.41, 5.74) is 4.51. The van der Waals surface area contributed by atoms with E-state index in [1.165, 1.54) is 17.4 Å². The van der Waals surface area contributed by atoms with Crippen LogP contribution in [0.5, 0.6) is 0 Å². The Kier molecular flexibility index (Phi) is 5.29. The third kappa shape index (κ3) is 3.49. The molecule has 2 aromatic carbocycles. The Labute approximate surface area is 187 Å². The van der Waals surface area contributed by atoms with E-state index in [-0.39, 0.29) is 23.8 Å². The third-order valence-electron chi connectivity index (χ3n) is 6.68. The van der Waals surface area contributed by atoms with E-state index in [2.05, 4.69) is 11.4 Å². The highest BCUT2D eigenvalue weighted by Crippen LogP contribution is 2.40. The summed E-state index contributed by atoms with van der Waals surface area (Å²) in [5, 5.41) is 2.75. The molecular weight excluding hydrogens is 402 g/mol. The Balaban J connectivity index is 1.59. The van der Waals surface area contributed by atoms with Crippen molar-refractivity contribution in [1.82, 2.24) is 4.90 Å². The van der Waals surface area contributed by atoms with Gasteiger partial charge in [-0.3, -0.25) is 19.3 Å². The van der Waals surface area contributed by atoms with E-state index in [4.69, 9.17) is 0 Å². The number of amides is 3. The molecule has 5 rings (SSSR count). The van der Waals surface area contributed by atoms with Crippen molar-refractivity contribution in [1.29, 1.82) is 0 Å². The van der Waals surface area contributed by atoms with Crippen LogP contribution in [0.25, 0.3) is 5.57 Å². The van der Waals surface area contributed by atoms with Crippen LogP contribution in [0.3, 0.4) is 0 Å². The zero-order valence-electron chi connectivity index (χ0n) is 18.3. The number of carbonyl (C=O) groups is 3. The first kappa shape index (κ1) is 20.5. The summed E-state index contributed by atoms with van der Waals surface area (Å²) in [7, 11) is 0. The van der Waals surface area contributed by atoms with Crippen molar-refractivity contribution >= 4 is 34.7 Å². The van der Waals surface area contributed by atoms with Crippen molar-refractivity contribution < 1.29 is 14.4 Å². The summed E-state index contributed by atoms with van der Waals surface area (Å²) < 4.78 is 0. The molecule has 3 amide bonds. The molecule has 164 valence electrons. The molecular formula is C26H27N3O3. The number of hydrogen-bond acceptors (Lipinski definition) is 4. The van der Waals surface area contributed by atoms with Crippen LogP contribution < -0.4 is 10.2 Å². The lowest BCUT2D eigenvalue weighted by molar-refractivity contribution is -0.140. The van der Waals surface area contributed by atoms with E-state index >= 15 is 0 Å². The normalized spacial score (nSPS) is 19.0. The van der Waals surface area contributed by atoms with Crippen molar-refractivity contribution in [2.75, 3.05) is 16.8 Å². The largest absolute Gasteiger partial charge is 0.336 e. The number of benzene rings is 2. The quantitative estimate of drug-likeness (QED) is 0.743. The highest BCUT2D eigenvalue weighted by molar-refractivity contribution is 6.37. The number of anilines is 2. The van der Waals surface area contributed by atoms with Gasteiger partial charge in [0.2, 0.25) is 5.91 Å². The maximum atomic E-state index is 13.8. The summed E-state index contributed by atoms with van der Waals surface area (Å²) in [6.45, 7) is 2.14. The molecule has 2 aromatic rings. The van der Waals surface area contributed by atoms with E-state index < -0.39 is 0 Å². The summed E-state index contributed by atoms with van der Waals surface area (Å²) in [5.74, 6) is -0.532. The van der Waals surface area contributed by atoms with Gasteiger partial charge in [-0.25, -0.2) is 0 Å². The molecule has 0 atom stereocenters. The molecule has 0 unspecified atom stereocenters. The Morgan fingerprint density at radius 1 is 0.938 bits per heavy atom. The molecule has 3 aliphatic rings. The van der Waals surface area contributed by atoms with Crippen molar-refractivity contribution in [2.24, 2.45) is 0 Å². The van der Waals surface area contributed by atoms with Gasteiger partial charge in [0.1, 0.15) is 5.70 Å². The van der Waals surface area contributed by atoms with Gasteiger partial charge in [-0.2, -0.15) is 0 Å². The number of nitrogens with one attached hydrogen (secondary N) is 1. The van der Waals surface area contributed by atoms with Crippen LogP contribution in [0.2, 0.25) is 0 Å². The highest BCUT2D eigenvalue weighted by Gasteiger charge is 2.46. The van der Waals surface area contributed by atoms with E-state index in [1.54, 1.807) is 12.1 Å². The lowest BCUT2D eigenvalue weighted by Crippen LogP contribution is -2.43. The molecule has 2 heterocycles. The predicted molar refractivity (Wildman–Crippen MR) is 124 cm³/mol. The fourth-order valence-electron chi connectivity index (χ4n) is 5.21. The molecule has 6 nitrogen and oxygen atoms in total. The topological polar surface area (TPSA) is 69.7 Å². The fraction of sp³-hybridized carbons (Fsp3) is 0.346. The standard InChI is InChI=1S/C26H27N3O3/c1-17(30)27-20-13-11-19(12-14-20)23-24(28-16-15-18-7-5-6-10-22(18)28)26(32)29(25(23)31)21-8-3-2-4-9-21/h5-7,10-14,21H,2-4,8-9,15-16H2,1H3,(H,27,30). The lowest BCUT2D eigenvalue weighted by Gasteiger charge is -2.30. The summed E-state index contributed by atoms with van der Waals surface area (Å²) in [6.07, 6.45) is 5.84.